The number of nitrogens with zero attached hydrogens (tertiary/aromatic N) is 9. The van der Waals surface area contributed by atoms with Crippen LogP contribution < -0.4 is 10.2 Å². The number of nitrogens with one attached hydrogen (secondary N) is 1. The fourth-order valence-corrected chi connectivity index (χ4v) is 3.69. The standard InChI is InChI=1S/C22H22N10O/c1-16-4-2-7-19(24-16)25-20-8-9-21(27-26-20)30-10-12-31(13-11-30)22(33)17-5-3-6-18(14-17)32-15-23-28-29-32/h2-9,14-15H,10-13H2,1H3,(H,24,25,26). The summed E-state index contributed by atoms with van der Waals surface area (Å²) in [5.41, 5.74) is 2.28. The van der Waals surface area contributed by atoms with Gasteiger partial charge in [-0.25, -0.2) is 9.67 Å². The maximum atomic E-state index is 13.0. The lowest BCUT2D eigenvalue weighted by molar-refractivity contribution is 0.0746. The van der Waals surface area contributed by atoms with Crippen molar-refractivity contribution in [3.05, 3.63) is 72.2 Å². The summed E-state index contributed by atoms with van der Waals surface area (Å²) in [6.07, 6.45) is 1.50. The van der Waals surface area contributed by atoms with Gasteiger partial charge >= 0.3 is 0 Å². The first-order valence-electron chi connectivity index (χ1n) is 10.6. The molecule has 0 atom stereocenters. The maximum absolute atomic E-state index is 13.0. The average Bonchev–Trinajstić information content (AvgIpc) is 3.40. The predicted octanol–water partition coefficient (Wildman–Crippen LogP) is 1.86. The molecule has 0 radical (unpaired) electrons. The van der Waals surface area contributed by atoms with Crippen molar-refractivity contribution in [2.24, 2.45) is 0 Å². The minimum Gasteiger partial charge on any atom is -0.352 e. The van der Waals surface area contributed by atoms with Crippen molar-refractivity contribution in [3.8, 4) is 5.69 Å². The van der Waals surface area contributed by atoms with Crippen molar-refractivity contribution in [2.75, 3.05) is 36.4 Å². The smallest absolute Gasteiger partial charge is 0.254 e. The third-order valence-electron chi connectivity index (χ3n) is 5.39. The van der Waals surface area contributed by atoms with Gasteiger partial charge < -0.3 is 15.1 Å². The first-order chi connectivity index (χ1) is 16.2. The van der Waals surface area contributed by atoms with E-state index in [9.17, 15) is 4.79 Å². The quantitative estimate of drug-likeness (QED) is 0.494. The number of hydrogen-bond donors (Lipinski definition) is 1. The summed E-state index contributed by atoms with van der Waals surface area (Å²) in [7, 11) is 0. The normalized spacial score (nSPS) is 13.7. The van der Waals surface area contributed by atoms with Crippen LogP contribution in [-0.4, -0.2) is 72.4 Å². The van der Waals surface area contributed by atoms with Gasteiger partial charge in [-0.2, -0.15) is 0 Å². The number of aryl methyl sites for hydroxylation is 1. The molecular weight excluding hydrogens is 420 g/mol. The zero-order valence-electron chi connectivity index (χ0n) is 18.0. The minimum atomic E-state index is -0.0131. The third-order valence-corrected chi connectivity index (χ3v) is 5.39. The predicted molar refractivity (Wildman–Crippen MR) is 122 cm³/mol. The summed E-state index contributed by atoms with van der Waals surface area (Å²) in [5.74, 6) is 2.13. The largest absolute Gasteiger partial charge is 0.352 e. The first-order valence-corrected chi connectivity index (χ1v) is 10.6. The topological polar surface area (TPSA) is 118 Å². The highest BCUT2D eigenvalue weighted by Gasteiger charge is 2.23. The Kier molecular flexibility index (Phi) is 5.58. The van der Waals surface area contributed by atoms with Crippen LogP contribution in [0.5, 0.6) is 0 Å². The van der Waals surface area contributed by atoms with Gasteiger partial charge in [-0.15, -0.1) is 15.3 Å². The van der Waals surface area contributed by atoms with E-state index in [4.69, 9.17) is 0 Å². The molecule has 0 saturated carbocycles. The van der Waals surface area contributed by atoms with Crippen LogP contribution in [0.2, 0.25) is 0 Å². The number of carbonyl (C=O) groups is 1. The second-order valence-electron chi connectivity index (χ2n) is 7.65. The molecule has 1 aliphatic heterocycles. The van der Waals surface area contributed by atoms with Crippen molar-refractivity contribution >= 4 is 23.4 Å². The van der Waals surface area contributed by atoms with Crippen molar-refractivity contribution in [1.29, 1.82) is 0 Å². The summed E-state index contributed by atoms with van der Waals surface area (Å²) in [6, 6.07) is 16.9. The lowest BCUT2D eigenvalue weighted by Gasteiger charge is -2.35. The second kappa shape index (κ2) is 8.99. The van der Waals surface area contributed by atoms with E-state index in [0.29, 0.717) is 37.6 Å². The zero-order chi connectivity index (χ0) is 22.6. The number of pyridine rings is 1. The van der Waals surface area contributed by atoms with Crippen LogP contribution in [0.15, 0.2) is 60.9 Å². The van der Waals surface area contributed by atoms with Gasteiger partial charge in [0.2, 0.25) is 0 Å². The summed E-state index contributed by atoms with van der Waals surface area (Å²) < 4.78 is 1.53. The molecule has 0 spiro atoms. The molecule has 3 aromatic heterocycles. The van der Waals surface area contributed by atoms with E-state index in [2.05, 4.69) is 40.9 Å². The summed E-state index contributed by atoms with van der Waals surface area (Å²) in [4.78, 5) is 21.4. The highest BCUT2D eigenvalue weighted by Crippen LogP contribution is 2.18. The fourth-order valence-electron chi connectivity index (χ4n) is 3.69. The summed E-state index contributed by atoms with van der Waals surface area (Å²) >= 11 is 0. The Hall–Kier alpha value is -4.41. The Bertz CT molecular complexity index is 1230. The number of tetrazole rings is 1. The van der Waals surface area contributed by atoms with Crippen LogP contribution in [0.4, 0.5) is 17.5 Å². The van der Waals surface area contributed by atoms with Crippen LogP contribution in [-0.2, 0) is 0 Å². The molecule has 33 heavy (non-hydrogen) atoms. The number of benzene rings is 1. The molecule has 1 aromatic carbocycles. The van der Waals surface area contributed by atoms with Gasteiger partial charge in [0.15, 0.2) is 11.6 Å². The molecule has 0 bridgehead atoms. The molecular formula is C22H22N10O. The molecule has 5 rings (SSSR count). The second-order valence-corrected chi connectivity index (χ2v) is 7.65. The molecule has 4 aromatic rings. The summed E-state index contributed by atoms with van der Waals surface area (Å²) in [6.45, 7) is 4.50. The van der Waals surface area contributed by atoms with Crippen molar-refractivity contribution in [2.45, 2.75) is 6.92 Å². The Morgan fingerprint density at radius 2 is 1.79 bits per heavy atom. The number of carbonyl (C=O) groups excluding carboxylic acids is 1. The minimum absolute atomic E-state index is 0.0131. The number of anilines is 3. The molecule has 1 saturated heterocycles. The van der Waals surface area contributed by atoms with Crippen LogP contribution in [0.25, 0.3) is 5.69 Å². The molecule has 11 nitrogen and oxygen atoms in total. The van der Waals surface area contributed by atoms with Gasteiger partial charge in [0.1, 0.15) is 12.1 Å². The van der Waals surface area contributed by atoms with Crippen molar-refractivity contribution in [1.82, 2.24) is 40.3 Å². The monoisotopic (exact) mass is 442 g/mol. The van der Waals surface area contributed by atoms with Gasteiger partial charge in [-0.05, 0) is 59.8 Å². The Morgan fingerprint density at radius 3 is 2.52 bits per heavy atom. The molecule has 4 heterocycles. The molecule has 1 amide bonds. The van der Waals surface area contributed by atoms with Gasteiger partial charge in [0.25, 0.3) is 5.91 Å². The highest BCUT2D eigenvalue weighted by molar-refractivity contribution is 5.95. The van der Waals surface area contributed by atoms with Gasteiger partial charge in [0, 0.05) is 37.4 Å². The Labute approximate surface area is 190 Å². The van der Waals surface area contributed by atoms with Gasteiger partial charge in [-0.3, -0.25) is 4.79 Å². The average molecular weight is 442 g/mol. The zero-order valence-corrected chi connectivity index (χ0v) is 18.0. The molecule has 1 N–H and O–H groups in total. The molecule has 11 heteroatoms. The van der Waals surface area contributed by atoms with E-state index >= 15 is 0 Å². The molecule has 0 aliphatic carbocycles. The molecule has 1 fully saturated rings. The number of hydrogen-bond acceptors (Lipinski definition) is 9. The van der Waals surface area contributed by atoms with Gasteiger partial charge in [0.05, 0.1) is 5.69 Å². The van der Waals surface area contributed by atoms with Crippen LogP contribution in [0, 0.1) is 6.92 Å². The molecule has 166 valence electrons. The lowest BCUT2D eigenvalue weighted by Crippen LogP contribution is -2.49. The number of rotatable bonds is 5. The van der Waals surface area contributed by atoms with Crippen molar-refractivity contribution in [3.63, 3.8) is 0 Å². The van der Waals surface area contributed by atoms with E-state index in [1.54, 1.807) is 6.07 Å². The Morgan fingerprint density at radius 1 is 0.939 bits per heavy atom. The van der Waals surface area contributed by atoms with E-state index in [1.807, 2.05) is 60.4 Å². The van der Waals surface area contributed by atoms with E-state index in [1.165, 1.54) is 11.0 Å². The fraction of sp³-hybridized carbons (Fsp3) is 0.227. The van der Waals surface area contributed by atoms with E-state index in [0.717, 1.165) is 23.0 Å². The van der Waals surface area contributed by atoms with Gasteiger partial charge in [-0.1, -0.05) is 12.1 Å². The molecule has 1 aliphatic rings. The van der Waals surface area contributed by atoms with Crippen LogP contribution >= 0.6 is 0 Å². The SMILES string of the molecule is Cc1cccc(Nc2ccc(N3CCN(C(=O)c4cccc(-n5cnnn5)c4)CC3)nn2)n1. The molecule has 0 unspecified atom stereocenters. The number of aromatic nitrogens is 7. The first kappa shape index (κ1) is 20.5. The van der Waals surface area contributed by atoms with Crippen LogP contribution in [0.1, 0.15) is 16.1 Å². The van der Waals surface area contributed by atoms with Crippen molar-refractivity contribution < 1.29 is 4.79 Å². The van der Waals surface area contributed by atoms with Crippen LogP contribution in [0.3, 0.4) is 0 Å². The summed E-state index contributed by atoms with van der Waals surface area (Å²) in [5, 5.41) is 22.9. The number of amides is 1. The third kappa shape index (κ3) is 4.61. The van der Waals surface area contributed by atoms with E-state index in [-0.39, 0.29) is 5.91 Å². The lowest BCUT2D eigenvalue weighted by atomic mass is 10.1. The Balaban J connectivity index is 1.19. The van der Waals surface area contributed by atoms with E-state index < -0.39 is 0 Å². The highest BCUT2D eigenvalue weighted by atomic mass is 16.2. The number of piperazine rings is 1. The maximum Gasteiger partial charge on any atom is 0.254 e.